The Bertz CT molecular complexity index is 464. The van der Waals surface area contributed by atoms with Crippen molar-refractivity contribution in [3.63, 3.8) is 0 Å². The Morgan fingerprint density at radius 3 is 2.16 bits per heavy atom. The normalized spacial score (nSPS) is 17.9. The maximum Gasteiger partial charge on any atom is 0.335 e. The zero-order valence-electron chi connectivity index (χ0n) is 10.3. The van der Waals surface area contributed by atoms with Crippen LogP contribution in [0.15, 0.2) is 24.3 Å². The van der Waals surface area contributed by atoms with Gasteiger partial charge in [-0.1, -0.05) is 12.1 Å². The fourth-order valence-corrected chi connectivity index (χ4v) is 2.15. The van der Waals surface area contributed by atoms with Gasteiger partial charge >= 0.3 is 11.9 Å². The maximum absolute atomic E-state index is 11.4. The molecule has 0 amide bonds. The lowest BCUT2D eigenvalue weighted by Gasteiger charge is -2.32. The number of rotatable bonds is 4. The smallest absolute Gasteiger partial charge is 0.335 e. The van der Waals surface area contributed by atoms with Crippen molar-refractivity contribution in [3.8, 4) is 0 Å². The van der Waals surface area contributed by atoms with Gasteiger partial charge in [-0.2, -0.15) is 0 Å². The number of aliphatic carboxylic acids is 1. The van der Waals surface area contributed by atoms with Crippen molar-refractivity contribution in [3.05, 3.63) is 35.4 Å². The van der Waals surface area contributed by atoms with Crippen LogP contribution in [0, 0.1) is 0 Å². The number of aromatic carboxylic acids is 1. The summed E-state index contributed by atoms with van der Waals surface area (Å²) in [5.41, 5.74) is 0.731. The van der Waals surface area contributed by atoms with E-state index in [-0.39, 0.29) is 5.56 Å². The van der Waals surface area contributed by atoms with E-state index in [1.807, 2.05) is 4.90 Å². The van der Waals surface area contributed by atoms with Crippen molar-refractivity contribution in [1.82, 2.24) is 4.90 Å². The first-order valence-corrected chi connectivity index (χ1v) is 5.97. The monoisotopic (exact) mass is 265 g/mol. The minimum atomic E-state index is -1.02. The summed E-state index contributed by atoms with van der Waals surface area (Å²) >= 11 is 0. The molecule has 1 fully saturated rings. The van der Waals surface area contributed by atoms with Gasteiger partial charge in [-0.3, -0.25) is 9.69 Å². The molecule has 0 bridgehead atoms. The topological polar surface area (TPSA) is 87.1 Å². The Morgan fingerprint density at radius 2 is 1.68 bits per heavy atom. The predicted octanol–water partition coefficient (Wildman–Crippen LogP) is 0.843. The Hall–Kier alpha value is -1.92. The average molecular weight is 265 g/mol. The lowest BCUT2D eigenvalue weighted by Crippen LogP contribution is -2.42. The van der Waals surface area contributed by atoms with Gasteiger partial charge in [0.25, 0.3) is 0 Å². The summed E-state index contributed by atoms with van der Waals surface area (Å²) in [5, 5.41) is 18.2. The summed E-state index contributed by atoms with van der Waals surface area (Å²) in [4.78, 5) is 24.0. The Morgan fingerprint density at radius 1 is 1.11 bits per heavy atom. The van der Waals surface area contributed by atoms with E-state index in [9.17, 15) is 14.7 Å². The molecule has 1 atom stereocenters. The van der Waals surface area contributed by atoms with Crippen LogP contribution in [-0.2, 0) is 9.53 Å². The highest BCUT2D eigenvalue weighted by molar-refractivity contribution is 5.87. The fraction of sp³-hybridized carbons (Fsp3) is 0.385. The van der Waals surface area contributed by atoms with Crippen LogP contribution in [0.4, 0.5) is 0 Å². The van der Waals surface area contributed by atoms with Crippen LogP contribution in [0.3, 0.4) is 0 Å². The summed E-state index contributed by atoms with van der Waals surface area (Å²) in [7, 11) is 0. The molecule has 1 aliphatic rings. The minimum absolute atomic E-state index is 0.148. The van der Waals surface area contributed by atoms with Crippen LogP contribution >= 0.6 is 0 Å². The van der Waals surface area contributed by atoms with E-state index in [2.05, 4.69) is 0 Å². The third-order valence-electron chi connectivity index (χ3n) is 3.12. The number of morpholine rings is 1. The van der Waals surface area contributed by atoms with E-state index in [4.69, 9.17) is 9.84 Å². The molecule has 0 aromatic heterocycles. The van der Waals surface area contributed by atoms with Gasteiger partial charge in [-0.05, 0) is 17.7 Å². The third kappa shape index (κ3) is 3.10. The summed E-state index contributed by atoms with van der Waals surface area (Å²) < 4.78 is 5.20. The third-order valence-corrected chi connectivity index (χ3v) is 3.12. The molecular weight excluding hydrogens is 250 g/mol. The quantitative estimate of drug-likeness (QED) is 0.839. The van der Waals surface area contributed by atoms with E-state index >= 15 is 0 Å². The number of hydrogen-bond donors (Lipinski definition) is 2. The lowest BCUT2D eigenvalue weighted by molar-refractivity contribution is -0.145. The van der Waals surface area contributed by atoms with Crippen LogP contribution in [0.1, 0.15) is 22.0 Å². The molecular formula is C13H15NO5. The van der Waals surface area contributed by atoms with Crippen LogP contribution in [-0.4, -0.2) is 53.4 Å². The van der Waals surface area contributed by atoms with E-state index < -0.39 is 18.0 Å². The minimum Gasteiger partial charge on any atom is -0.480 e. The second-order valence-corrected chi connectivity index (χ2v) is 4.32. The van der Waals surface area contributed by atoms with Gasteiger partial charge in [0.05, 0.1) is 18.8 Å². The van der Waals surface area contributed by atoms with Gasteiger partial charge in [0.1, 0.15) is 6.04 Å². The zero-order valence-corrected chi connectivity index (χ0v) is 10.3. The predicted molar refractivity (Wildman–Crippen MR) is 66.2 cm³/mol. The summed E-state index contributed by atoms with van der Waals surface area (Å²) in [6.45, 7) is 2.13. The van der Waals surface area contributed by atoms with E-state index in [1.54, 1.807) is 12.1 Å². The van der Waals surface area contributed by atoms with Gasteiger partial charge < -0.3 is 14.9 Å². The number of carboxylic acid groups (broad SMARTS) is 2. The van der Waals surface area contributed by atoms with Crippen molar-refractivity contribution in [2.24, 2.45) is 0 Å². The number of benzene rings is 1. The number of hydrogen-bond acceptors (Lipinski definition) is 4. The zero-order chi connectivity index (χ0) is 13.8. The SMILES string of the molecule is O=C(O)c1ccc(C(C(=O)O)N2CCOCC2)cc1. The lowest BCUT2D eigenvalue weighted by atomic mass is 10.0. The molecule has 19 heavy (non-hydrogen) atoms. The molecule has 2 rings (SSSR count). The van der Waals surface area contributed by atoms with Crippen molar-refractivity contribution < 1.29 is 24.5 Å². The van der Waals surface area contributed by atoms with Crippen molar-refractivity contribution in [2.75, 3.05) is 26.3 Å². The molecule has 1 unspecified atom stereocenters. The summed E-state index contributed by atoms with van der Waals surface area (Å²) in [6, 6.07) is 5.20. The van der Waals surface area contributed by atoms with Gasteiger partial charge in [0.2, 0.25) is 0 Å². The van der Waals surface area contributed by atoms with Crippen LogP contribution in [0.2, 0.25) is 0 Å². The fourth-order valence-electron chi connectivity index (χ4n) is 2.15. The first-order chi connectivity index (χ1) is 9.09. The first kappa shape index (κ1) is 13.5. The molecule has 0 spiro atoms. The second kappa shape index (κ2) is 5.81. The molecule has 1 aromatic carbocycles. The molecule has 0 radical (unpaired) electrons. The van der Waals surface area contributed by atoms with Gasteiger partial charge in [0, 0.05) is 13.1 Å². The Kier molecular flexibility index (Phi) is 4.13. The van der Waals surface area contributed by atoms with Gasteiger partial charge in [0.15, 0.2) is 0 Å². The Labute approximate surface area is 110 Å². The van der Waals surface area contributed by atoms with Crippen LogP contribution in [0.25, 0.3) is 0 Å². The van der Waals surface area contributed by atoms with E-state index in [1.165, 1.54) is 12.1 Å². The largest absolute Gasteiger partial charge is 0.480 e. The molecule has 0 saturated carbocycles. The van der Waals surface area contributed by atoms with Crippen molar-refractivity contribution in [2.45, 2.75) is 6.04 Å². The Balaban J connectivity index is 2.23. The molecule has 1 saturated heterocycles. The highest BCUT2D eigenvalue weighted by Crippen LogP contribution is 2.22. The van der Waals surface area contributed by atoms with Crippen LogP contribution < -0.4 is 0 Å². The number of nitrogens with zero attached hydrogens (tertiary/aromatic N) is 1. The van der Waals surface area contributed by atoms with Crippen molar-refractivity contribution in [1.29, 1.82) is 0 Å². The molecule has 1 aromatic rings. The maximum atomic E-state index is 11.4. The highest BCUT2D eigenvalue weighted by atomic mass is 16.5. The molecule has 2 N–H and O–H groups in total. The van der Waals surface area contributed by atoms with Gasteiger partial charge in [-0.25, -0.2) is 4.79 Å². The van der Waals surface area contributed by atoms with E-state index in [0.29, 0.717) is 31.9 Å². The standard InChI is InChI=1S/C13H15NO5/c15-12(16)10-3-1-9(2-4-10)11(13(17)18)14-5-7-19-8-6-14/h1-4,11H,5-8H2,(H,15,16)(H,17,18). The summed E-state index contributed by atoms with van der Waals surface area (Å²) in [6.07, 6.45) is 0. The number of carbonyl (C=O) groups is 2. The molecule has 1 heterocycles. The van der Waals surface area contributed by atoms with Crippen LogP contribution in [0.5, 0.6) is 0 Å². The molecule has 0 aliphatic carbocycles. The average Bonchev–Trinajstić information content (AvgIpc) is 2.40. The first-order valence-electron chi connectivity index (χ1n) is 5.97. The molecule has 6 heteroatoms. The molecule has 102 valence electrons. The number of ether oxygens (including phenoxy) is 1. The van der Waals surface area contributed by atoms with Gasteiger partial charge in [-0.15, -0.1) is 0 Å². The molecule has 1 aliphatic heterocycles. The molecule has 6 nitrogen and oxygen atoms in total. The number of carboxylic acids is 2. The highest BCUT2D eigenvalue weighted by Gasteiger charge is 2.28. The summed E-state index contributed by atoms with van der Waals surface area (Å²) in [5.74, 6) is -1.96. The van der Waals surface area contributed by atoms with Crippen molar-refractivity contribution >= 4 is 11.9 Å². The van der Waals surface area contributed by atoms with E-state index in [0.717, 1.165) is 0 Å². The second-order valence-electron chi connectivity index (χ2n) is 4.32.